The highest BCUT2D eigenvalue weighted by molar-refractivity contribution is 9.09. The predicted molar refractivity (Wildman–Crippen MR) is 64.6 cm³/mol. The molecule has 6 nitrogen and oxygen atoms in total. The van der Waals surface area contributed by atoms with Crippen molar-refractivity contribution in [1.29, 1.82) is 0 Å². The molecule has 0 amide bonds. The number of aromatic nitrogens is 2. The van der Waals surface area contributed by atoms with E-state index in [1.807, 2.05) is 0 Å². The van der Waals surface area contributed by atoms with Crippen LogP contribution in [0.25, 0.3) is 0 Å². The molecule has 88 valence electrons. The van der Waals surface area contributed by atoms with E-state index in [0.29, 0.717) is 11.3 Å². The van der Waals surface area contributed by atoms with Crippen LogP contribution in [0.1, 0.15) is 12.5 Å². The lowest BCUT2D eigenvalue weighted by atomic mass is 10.1. The summed E-state index contributed by atoms with van der Waals surface area (Å²) in [4.78, 5) is 22.8. The van der Waals surface area contributed by atoms with Gasteiger partial charge in [-0.25, -0.2) is 19.8 Å². The number of carboxylic acids is 1. The fourth-order valence-corrected chi connectivity index (χ4v) is 2.04. The first-order valence-electron chi connectivity index (χ1n) is 4.75. The van der Waals surface area contributed by atoms with Gasteiger partial charge in [-0.2, -0.15) is 0 Å². The molecule has 0 aliphatic carbocycles. The summed E-state index contributed by atoms with van der Waals surface area (Å²) < 4.78 is -0.905. The summed E-state index contributed by atoms with van der Waals surface area (Å²) in [6.07, 6.45) is 5.93. The first-order valence-corrected chi connectivity index (χ1v) is 5.54. The first-order chi connectivity index (χ1) is 8.03. The van der Waals surface area contributed by atoms with Crippen molar-refractivity contribution in [2.24, 2.45) is 4.99 Å². The quantitative estimate of drug-likeness (QED) is 0.628. The lowest BCUT2D eigenvalue weighted by Crippen LogP contribution is -2.38. The third-order valence-corrected chi connectivity index (χ3v) is 3.16. The number of carbonyl (C=O) groups is 1. The summed E-state index contributed by atoms with van der Waals surface area (Å²) in [7, 11) is 0. The molecule has 1 atom stereocenters. The lowest BCUT2D eigenvalue weighted by Gasteiger charge is -2.29. The standard InChI is InChI=1S/C10H9BrN4O2/c1-6-8(9(16)17)4-14-10(11,15-6)7-2-12-5-13-3-7/h2-5,15H,1H3,(H,16,17). The monoisotopic (exact) mass is 296 g/mol. The highest BCUT2D eigenvalue weighted by atomic mass is 79.9. The molecule has 0 radical (unpaired) electrons. The molecule has 0 fully saturated rings. The van der Waals surface area contributed by atoms with E-state index in [2.05, 4.69) is 36.2 Å². The molecule has 2 rings (SSSR count). The second kappa shape index (κ2) is 4.25. The van der Waals surface area contributed by atoms with Crippen LogP contribution in [-0.2, 0) is 9.37 Å². The zero-order valence-corrected chi connectivity index (χ0v) is 10.5. The van der Waals surface area contributed by atoms with Crippen LogP contribution in [0.2, 0.25) is 0 Å². The topological polar surface area (TPSA) is 87.5 Å². The van der Waals surface area contributed by atoms with Gasteiger partial charge in [-0.3, -0.25) is 0 Å². The molecule has 2 N–H and O–H groups in total. The number of alkyl halides is 1. The molecule has 0 bridgehead atoms. The highest BCUT2D eigenvalue weighted by Gasteiger charge is 2.32. The van der Waals surface area contributed by atoms with E-state index >= 15 is 0 Å². The number of carboxylic acid groups (broad SMARTS) is 1. The van der Waals surface area contributed by atoms with Crippen LogP contribution in [0.5, 0.6) is 0 Å². The van der Waals surface area contributed by atoms with Crippen LogP contribution < -0.4 is 5.32 Å². The summed E-state index contributed by atoms with van der Waals surface area (Å²) in [6.45, 7) is 1.68. The van der Waals surface area contributed by atoms with Gasteiger partial charge in [0.2, 0.25) is 4.57 Å². The van der Waals surface area contributed by atoms with Gasteiger partial charge in [0.25, 0.3) is 0 Å². The van der Waals surface area contributed by atoms with Gasteiger partial charge in [-0.05, 0) is 22.9 Å². The Morgan fingerprint density at radius 2 is 2.12 bits per heavy atom. The molecule has 0 spiro atoms. The second-order valence-electron chi connectivity index (χ2n) is 3.48. The Kier molecular flexibility index (Phi) is 2.93. The molecule has 0 saturated heterocycles. The largest absolute Gasteiger partial charge is 0.478 e. The van der Waals surface area contributed by atoms with Gasteiger partial charge in [0, 0.05) is 29.9 Å². The predicted octanol–water partition coefficient (Wildman–Crippen LogP) is 1.01. The number of hydrogen-bond donors (Lipinski definition) is 2. The number of aliphatic imine (C=N–C) groups is 1. The molecular formula is C10H9BrN4O2. The van der Waals surface area contributed by atoms with Gasteiger partial charge in [-0.1, -0.05) is 0 Å². The van der Waals surface area contributed by atoms with Gasteiger partial charge in [0.15, 0.2) is 0 Å². The summed E-state index contributed by atoms with van der Waals surface area (Å²) >= 11 is 3.40. The summed E-state index contributed by atoms with van der Waals surface area (Å²) in [5.41, 5.74) is 1.35. The molecule has 2 heterocycles. The third-order valence-electron chi connectivity index (χ3n) is 2.30. The average Bonchev–Trinajstić information content (AvgIpc) is 2.29. The van der Waals surface area contributed by atoms with E-state index in [1.165, 1.54) is 12.5 Å². The Bertz CT molecular complexity index is 514. The van der Waals surface area contributed by atoms with Gasteiger partial charge < -0.3 is 10.4 Å². The van der Waals surface area contributed by atoms with E-state index < -0.39 is 10.5 Å². The number of nitrogens with one attached hydrogen (secondary N) is 1. The Morgan fingerprint density at radius 3 is 2.65 bits per heavy atom. The first kappa shape index (κ1) is 11.7. The van der Waals surface area contributed by atoms with E-state index in [9.17, 15) is 4.79 Å². The molecule has 1 aromatic rings. The fourth-order valence-electron chi connectivity index (χ4n) is 1.43. The zero-order valence-electron chi connectivity index (χ0n) is 8.88. The maximum Gasteiger partial charge on any atom is 0.339 e. The van der Waals surface area contributed by atoms with E-state index in [1.54, 1.807) is 19.3 Å². The van der Waals surface area contributed by atoms with E-state index in [-0.39, 0.29) is 5.57 Å². The zero-order chi connectivity index (χ0) is 12.5. The minimum Gasteiger partial charge on any atom is -0.478 e. The Balaban J connectivity index is 2.36. The van der Waals surface area contributed by atoms with Crippen molar-refractivity contribution in [3.8, 4) is 0 Å². The number of hydrogen-bond acceptors (Lipinski definition) is 5. The Labute approximate surface area is 106 Å². The smallest absolute Gasteiger partial charge is 0.339 e. The van der Waals surface area contributed by atoms with Crippen molar-refractivity contribution in [1.82, 2.24) is 15.3 Å². The van der Waals surface area contributed by atoms with Crippen LogP contribution in [0.4, 0.5) is 0 Å². The van der Waals surface area contributed by atoms with Gasteiger partial charge >= 0.3 is 5.97 Å². The van der Waals surface area contributed by atoms with Gasteiger partial charge in [0.05, 0.1) is 5.57 Å². The van der Waals surface area contributed by atoms with Crippen molar-refractivity contribution in [3.63, 3.8) is 0 Å². The molecule has 1 unspecified atom stereocenters. The number of allylic oxidation sites excluding steroid dienone is 1. The van der Waals surface area contributed by atoms with Crippen LogP contribution in [0.3, 0.4) is 0 Å². The van der Waals surface area contributed by atoms with Crippen LogP contribution >= 0.6 is 15.9 Å². The highest BCUT2D eigenvalue weighted by Crippen LogP contribution is 2.32. The van der Waals surface area contributed by atoms with Crippen molar-refractivity contribution in [3.05, 3.63) is 35.6 Å². The molecule has 1 aliphatic rings. The minimum absolute atomic E-state index is 0.136. The molecular weight excluding hydrogens is 288 g/mol. The molecule has 1 aromatic heterocycles. The lowest BCUT2D eigenvalue weighted by molar-refractivity contribution is -0.132. The van der Waals surface area contributed by atoms with Crippen molar-refractivity contribution >= 4 is 28.1 Å². The fraction of sp³-hybridized carbons (Fsp3) is 0.200. The average molecular weight is 297 g/mol. The normalized spacial score (nSPS) is 23.4. The van der Waals surface area contributed by atoms with Crippen LogP contribution in [0, 0.1) is 0 Å². The molecule has 7 heteroatoms. The SMILES string of the molecule is CC1=C(C(=O)O)C=NC(Br)(c2cncnc2)N1. The Morgan fingerprint density at radius 1 is 1.47 bits per heavy atom. The number of rotatable bonds is 2. The maximum absolute atomic E-state index is 10.9. The van der Waals surface area contributed by atoms with Gasteiger partial charge in [-0.15, -0.1) is 0 Å². The van der Waals surface area contributed by atoms with Crippen molar-refractivity contribution in [2.75, 3.05) is 0 Å². The van der Waals surface area contributed by atoms with E-state index in [4.69, 9.17) is 5.11 Å². The minimum atomic E-state index is -1.02. The number of halogens is 1. The van der Waals surface area contributed by atoms with Crippen LogP contribution in [-0.4, -0.2) is 27.3 Å². The molecule has 17 heavy (non-hydrogen) atoms. The molecule has 0 saturated carbocycles. The maximum atomic E-state index is 10.9. The summed E-state index contributed by atoms with van der Waals surface area (Å²) in [5, 5.41) is 11.9. The van der Waals surface area contributed by atoms with E-state index in [0.717, 1.165) is 0 Å². The number of aliphatic carboxylic acids is 1. The third kappa shape index (κ3) is 2.19. The summed E-state index contributed by atoms with van der Waals surface area (Å²) in [5.74, 6) is -1.02. The van der Waals surface area contributed by atoms with Crippen LogP contribution in [0.15, 0.2) is 35.0 Å². The van der Waals surface area contributed by atoms with Crippen molar-refractivity contribution < 1.29 is 9.90 Å². The molecule has 1 aliphatic heterocycles. The van der Waals surface area contributed by atoms with Gasteiger partial charge in [0.1, 0.15) is 6.33 Å². The molecule has 0 aromatic carbocycles. The second-order valence-corrected chi connectivity index (χ2v) is 4.62. The Hall–Kier alpha value is -1.76. The summed E-state index contributed by atoms with van der Waals surface area (Å²) in [6, 6.07) is 0. The van der Waals surface area contributed by atoms with Crippen molar-refractivity contribution in [2.45, 2.75) is 11.5 Å². The number of nitrogens with zero attached hydrogens (tertiary/aromatic N) is 3.